The van der Waals surface area contributed by atoms with Crippen LogP contribution < -0.4 is 5.32 Å². The second-order valence-electron chi connectivity index (χ2n) is 5.87. The van der Waals surface area contributed by atoms with E-state index >= 15 is 0 Å². The Bertz CT molecular complexity index is 362. The Morgan fingerprint density at radius 3 is 2.52 bits per heavy atom. The number of nitrogens with zero attached hydrogens (tertiary/aromatic N) is 1. The van der Waals surface area contributed by atoms with Crippen LogP contribution in [-0.4, -0.2) is 53.8 Å². The minimum Gasteiger partial charge on any atom is -0.481 e. The van der Waals surface area contributed by atoms with Crippen LogP contribution in [0.25, 0.3) is 0 Å². The number of amides is 2. The van der Waals surface area contributed by atoms with Crippen molar-refractivity contribution in [3.8, 4) is 0 Å². The van der Waals surface area contributed by atoms with Crippen LogP contribution in [0, 0.1) is 11.8 Å². The molecule has 1 saturated heterocycles. The predicted octanol–water partition coefficient (Wildman–Crippen LogP) is 1.94. The van der Waals surface area contributed by atoms with Crippen LogP contribution in [0.4, 0.5) is 4.79 Å². The molecule has 0 aromatic heterocycles. The maximum absolute atomic E-state index is 12.5. The summed E-state index contributed by atoms with van der Waals surface area (Å²) in [5.41, 5.74) is 0. The Labute approximate surface area is 126 Å². The summed E-state index contributed by atoms with van der Waals surface area (Å²) in [6, 6.07) is -0.509. The van der Waals surface area contributed by atoms with Gasteiger partial charge in [0.1, 0.15) is 5.92 Å². The molecule has 2 N–H and O–H groups in total. The van der Waals surface area contributed by atoms with Gasteiger partial charge in [-0.3, -0.25) is 4.79 Å². The fourth-order valence-corrected chi connectivity index (χ4v) is 2.52. The molecule has 0 aromatic carbocycles. The normalized spacial score (nSPS) is 24.4. The molecule has 0 radical (unpaired) electrons. The topological polar surface area (TPSA) is 78.9 Å². The van der Waals surface area contributed by atoms with E-state index in [0.717, 1.165) is 12.8 Å². The van der Waals surface area contributed by atoms with E-state index in [9.17, 15) is 14.7 Å². The van der Waals surface area contributed by atoms with E-state index < -0.39 is 11.9 Å². The molecule has 0 spiro atoms. The van der Waals surface area contributed by atoms with Crippen LogP contribution in [0.3, 0.4) is 0 Å². The second kappa shape index (κ2) is 8.22. The Morgan fingerprint density at radius 2 is 2.00 bits per heavy atom. The molecule has 6 nitrogen and oxygen atoms in total. The zero-order valence-corrected chi connectivity index (χ0v) is 13.5. The van der Waals surface area contributed by atoms with Gasteiger partial charge in [-0.15, -0.1) is 0 Å². The molecule has 4 unspecified atom stereocenters. The first-order valence-corrected chi connectivity index (χ1v) is 7.79. The highest BCUT2D eigenvalue weighted by molar-refractivity contribution is 5.77. The zero-order chi connectivity index (χ0) is 16.0. The van der Waals surface area contributed by atoms with E-state index in [0.29, 0.717) is 19.1 Å². The van der Waals surface area contributed by atoms with Gasteiger partial charge in [0.25, 0.3) is 0 Å². The van der Waals surface area contributed by atoms with Crippen LogP contribution in [0.15, 0.2) is 0 Å². The first-order chi connectivity index (χ1) is 9.92. The van der Waals surface area contributed by atoms with Gasteiger partial charge in [-0.25, -0.2) is 4.79 Å². The second-order valence-corrected chi connectivity index (χ2v) is 5.87. The first kappa shape index (κ1) is 17.8. The summed E-state index contributed by atoms with van der Waals surface area (Å²) in [7, 11) is 0. The standard InChI is InChI=1S/C15H28N2O4/c1-5-7-17(13-9-21-8-12(13)14(18)19)15(20)16-11(4)10(3)6-2/h10-13H,5-9H2,1-4H3,(H,16,20)(H,18,19). The lowest BCUT2D eigenvalue weighted by Gasteiger charge is -2.32. The van der Waals surface area contributed by atoms with Crippen molar-refractivity contribution >= 4 is 12.0 Å². The average Bonchev–Trinajstić information content (AvgIpc) is 2.92. The summed E-state index contributed by atoms with van der Waals surface area (Å²) in [5.74, 6) is -1.16. The molecule has 1 rings (SSSR count). The lowest BCUT2D eigenvalue weighted by atomic mass is 10.0. The van der Waals surface area contributed by atoms with E-state index in [1.165, 1.54) is 0 Å². The Kier molecular flexibility index (Phi) is 6.95. The Morgan fingerprint density at radius 1 is 1.33 bits per heavy atom. The summed E-state index contributed by atoms with van der Waals surface area (Å²) in [5, 5.41) is 12.2. The van der Waals surface area contributed by atoms with E-state index in [-0.39, 0.29) is 24.7 Å². The molecule has 1 aliphatic rings. The van der Waals surface area contributed by atoms with Gasteiger partial charge >= 0.3 is 12.0 Å². The van der Waals surface area contributed by atoms with Gasteiger partial charge in [0.2, 0.25) is 0 Å². The van der Waals surface area contributed by atoms with Crippen LogP contribution >= 0.6 is 0 Å². The van der Waals surface area contributed by atoms with Crippen molar-refractivity contribution in [1.29, 1.82) is 0 Å². The van der Waals surface area contributed by atoms with Crippen molar-refractivity contribution in [2.75, 3.05) is 19.8 Å². The summed E-state index contributed by atoms with van der Waals surface area (Å²) in [6.07, 6.45) is 1.77. The SMILES string of the molecule is CCCN(C(=O)NC(C)C(C)CC)C1COCC1C(=O)O. The monoisotopic (exact) mass is 300 g/mol. The average molecular weight is 300 g/mol. The summed E-state index contributed by atoms with van der Waals surface area (Å²) in [4.78, 5) is 25.4. The number of urea groups is 1. The smallest absolute Gasteiger partial charge is 0.317 e. The third-order valence-corrected chi connectivity index (χ3v) is 4.34. The van der Waals surface area contributed by atoms with E-state index in [2.05, 4.69) is 19.2 Å². The molecular formula is C15H28N2O4. The molecule has 0 saturated carbocycles. The van der Waals surface area contributed by atoms with Gasteiger partial charge < -0.3 is 20.1 Å². The van der Waals surface area contributed by atoms with Gasteiger partial charge in [0.15, 0.2) is 0 Å². The number of ether oxygens (including phenoxy) is 1. The molecule has 0 aliphatic carbocycles. The van der Waals surface area contributed by atoms with Crippen LogP contribution in [-0.2, 0) is 9.53 Å². The minimum atomic E-state index is -0.902. The van der Waals surface area contributed by atoms with Crippen LogP contribution in [0.1, 0.15) is 40.5 Å². The van der Waals surface area contributed by atoms with Gasteiger partial charge in [-0.2, -0.15) is 0 Å². The van der Waals surface area contributed by atoms with Crippen molar-refractivity contribution in [2.45, 2.75) is 52.6 Å². The molecule has 122 valence electrons. The van der Waals surface area contributed by atoms with Gasteiger partial charge in [0.05, 0.1) is 19.3 Å². The summed E-state index contributed by atoms with van der Waals surface area (Å²) < 4.78 is 5.28. The molecule has 0 aromatic rings. The summed E-state index contributed by atoms with van der Waals surface area (Å²) >= 11 is 0. The number of carboxylic acid groups (broad SMARTS) is 1. The zero-order valence-electron chi connectivity index (χ0n) is 13.5. The lowest BCUT2D eigenvalue weighted by Crippen LogP contribution is -2.53. The molecule has 4 atom stereocenters. The lowest BCUT2D eigenvalue weighted by molar-refractivity contribution is -0.142. The fourth-order valence-electron chi connectivity index (χ4n) is 2.52. The number of hydrogen-bond donors (Lipinski definition) is 2. The van der Waals surface area contributed by atoms with Gasteiger partial charge in [-0.1, -0.05) is 27.2 Å². The molecule has 0 bridgehead atoms. The van der Waals surface area contributed by atoms with Crippen molar-refractivity contribution in [2.24, 2.45) is 11.8 Å². The first-order valence-electron chi connectivity index (χ1n) is 7.79. The maximum Gasteiger partial charge on any atom is 0.317 e. The molecular weight excluding hydrogens is 272 g/mol. The van der Waals surface area contributed by atoms with Crippen LogP contribution in [0.2, 0.25) is 0 Å². The highest BCUT2D eigenvalue weighted by Crippen LogP contribution is 2.21. The van der Waals surface area contributed by atoms with E-state index in [1.807, 2.05) is 13.8 Å². The predicted molar refractivity (Wildman–Crippen MR) is 80.2 cm³/mol. The number of carbonyl (C=O) groups excluding carboxylic acids is 1. The molecule has 1 heterocycles. The van der Waals surface area contributed by atoms with Crippen LogP contribution in [0.5, 0.6) is 0 Å². The highest BCUT2D eigenvalue weighted by atomic mass is 16.5. The molecule has 6 heteroatoms. The number of rotatable bonds is 7. The van der Waals surface area contributed by atoms with Crippen molar-refractivity contribution in [1.82, 2.24) is 10.2 Å². The number of nitrogens with one attached hydrogen (secondary N) is 1. The number of carboxylic acids is 1. The molecule has 1 fully saturated rings. The molecule has 21 heavy (non-hydrogen) atoms. The largest absolute Gasteiger partial charge is 0.481 e. The van der Waals surface area contributed by atoms with E-state index in [4.69, 9.17) is 4.74 Å². The number of carbonyl (C=O) groups is 2. The van der Waals surface area contributed by atoms with Crippen molar-refractivity contribution in [3.63, 3.8) is 0 Å². The molecule has 1 aliphatic heterocycles. The van der Waals surface area contributed by atoms with Gasteiger partial charge in [0, 0.05) is 12.6 Å². The summed E-state index contributed by atoms with van der Waals surface area (Å²) in [6.45, 7) is 9.14. The maximum atomic E-state index is 12.5. The highest BCUT2D eigenvalue weighted by Gasteiger charge is 2.40. The third-order valence-electron chi connectivity index (χ3n) is 4.34. The quantitative estimate of drug-likeness (QED) is 0.753. The third kappa shape index (κ3) is 4.59. The Hall–Kier alpha value is -1.30. The fraction of sp³-hybridized carbons (Fsp3) is 0.867. The Balaban J connectivity index is 2.76. The van der Waals surface area contributed by atoms with Crippen molar-refractivity contribution in [3.05, 3.63) is 0 Å². The molecule has 2 amide bonds. The number of hydrogen-bond acceptors (Lipinski definition) is 3. The minimum absolute atomic E-state index is 0.0625. The van der Waals surface area contributed by atoms with Crippen molar-refractivity contribution < 1.29 is 19.4 Å². The van der Waals surface area contributed by atoms with E-state index in [1.54, 1.807) is 4.90 Å². The van der Waals surface area contributed by atoms with Gasteiger partial charge in [-0.05, 0) is 19.3 Å². The number of aliphatic carboxylic acids is 1.